The fraction of sp³-hybridized carbons (Fsp3) is 0.125. The number of aryl methyl sites for hydroxylation is 1. The van der Waals surface area contributed by atoms with Crippen molar-refractivity contribution in [3.8, 4) is 11.3 Å². The largest absolute Gasteiger partial charge is 0.395 e. The molecule has 0 aliphatic carbocycles. The van der Waals surface area contributed by atoms with Crippen LogP contribution in [0.15, 0.2) is 71.6 Å². The van der Waals surface area contributed by atoms with Gasteiger partial charge < -0.3 is 16.2 Å². The fourth-order valence-electron chi connectivity index (χ4n) is 3.56. The molecule has 0 aliphatic rings. The number of sulfonamides is 1. The summed E-state index contributed by atoms with van der Waals surface area (Å²) < 4.78 is 27.7. The Balaban J connectivity index is 1.76. The van der Waals surface area contributed by atoms with Crippen LogP contribution in [0.1, 0.15) is 15.9 Å². The summed E-state index contributed by atoms with van der Waals surface area (Å²) >= 11 is 0. The molecule has 3 aromatic carbocycles. The molecule has 0 saturated carbocycles. The van der Waals surface area contributed by atoms with Crippen molar-refractivity contribution in [3.05, 3.63) is 77.9 Å². The first-order valence-electron chi connectivity index (χ1n) is 10.4. The van der Waals surface area contributed by atoms with Crippen LogP contribution >= 0.6 is 0 Å². The molecule has 1 heterocycles. The second kappa shape index (κ2) is 9.56. The first kappa shape index (κ1) is 23.3. The smallest absolute Gasteiger partial charge is 0.248 e. The van der Waals surface area contributed by atoms with Gasteiger partial charge in [0.2, 0.25) is 15.9 Å². The highest BCUT2D eigenvalue weighted by atomic mass is 32.2. The number of carbonyl (C=O) groups excluding carboxylic acids is 1. The Morgan fingerprint density at radius 3 is 2.38 bits per heavy atom. The van der Waals surface area contributed by atoms with Crippen molar-refractivity contribution in [2.75, 3.05) is 18.5 Å². The first-order valence-corrected chi connectivity index (χ1v) is 11.9. The molecule has 0 saturated heterocycles. The summed E-state index contributed by atoms with van der Waals surface area (Å²) in [5.74, 6) is 0.00271. The van der Waals surface area contributed by atoms with Crippen LogP contribution in [0.25, 0.3) is 22.0 Å². The average Bonchev–Trinajstić information content (AvgIpc) is 2.84. The number of aliphatic hydroxyl groups is 1. The van der Waals surface area contributed by atoms with Crippen molar-refractivity contribution in [2.24, 2.45) is 5.73 Å². The lowest BCUT2D eigenvalue weighted by Crippen LogP contribution is -2.27. The molecule has 4 aromatic rings. The summed E-state index contributed by atoms with van der Waals surface area (Å²) in [6.07, 6.45) is 0. The maximum absolute atomic E-state index is 12.7. The average molecular weight is 478 g/mol. The molecular weight excluding hydrogens is 454 g/mol. The summed E-state index contributed by atoms with van der Waals surface area (Å²) in [6.45, 7) is 1.33. The fourth-order valence-corrected chi connectivity index (χ4v) is 4.85. The number of aliphatic hydroxyl groups excluding tert-OH is 1. The maximum Gasteiger partial charge on any atom is 0.248 e. The van der Waals surface area contributed by atoms with Crippen molar-refractivity contribution in [1.29, 1.82) is 0 Å². The summed E-state index contributed by atoms with van der Waals surface area (Å²) in [5, 5.41) is 22.5. The second-order valence-electron chi connectivity index (χ2n) is 7.61. The van der Waals surface area contributed by atoms with Crippen molar-refractivity contribution < 1.29 is 18.3 Å². The van der Waals surface area contributed by atoms with Crippen LogP contribution in [0.5, 0.6) is 0 Å². The highest BCUT2D eigenvalue weighted by Crippen LogP contribution is 2.32. The topological polar surface area (TPSA) is 147 Å². The monoisotopic (exact) mass is 477 g/mol. The standard InChI is InChI=1S/C24H23N5O4S/c1-15-6-7-17(14-21(15)34(32,33)26-12-13-30)22-19-4-2-3-5-20(19)24(29-28-22)27-18-10-8-16(9-11-18)23(25)31/h2-11,14,26,30H,12-13H2,1H3,(H2,25,31)(H,27,29). The third kappa shape index (κ3) is 4.74. The third-order valence-electron chi connectivity index (χ3n) is 5.27. The van der Waals surface area contributed by atoms with E-state index in [1.165, 1.54) is 0 Å². The zero-order chi connectivity index (χ0) is 24.3. The molecule has 0 radical (unpaired) electrons. The maximum atomic E-state index is 12.7. The summed E-state index contributed by atoms with van der Waals surface area (Å²) in [7, 11) is -3.80. The number of primary amides is 1. The van der Waals surface area contributed by atoms with Gasteiger partial charge in [0.15, 0.2) is 5.82 Å². The van der Waals surface area contributed by atoms with E-state index in [0.29, 0.717) is 33.9 Å². The number of fused-ring (bicyclic) bond motifs is 1. The molecule has 0 bridgehead atoms. The SMILES string of the molecule is Cc1ccc(-c2nnc(Nc3ccc(C(N)=O)cc3)c3ccccc23)cc1S(=O)(=O)NCCO. The Morgan fingerprint density at radius 2 is 1.71 bits per heavy atom. The van der Waals surface area contributed by atoms with E-state index in [9.17, 15) is 13.2 Å². The van der Waals surface area contributed by atoms with Gasteiger partial charge in [-0.3, -0.25) is 4.79 Å². The van der Waals surface area contributed by atoms with Gasteiger partial charge in [-0.1, -0.05) is 36.4 Å². The predicted molar refractivity (Wildman–Crippen MR) is 130 cm³/mol. The number of amides is 1. The number of nitrogens with one attached hydrogen (secondary N) is 2. The number of nitrogens with two attached hydrogens (primary N) is 1. The van der Waals surface area contributed by atoms with Gasteiger partial charge in [0.1, 0.15) is 5.69 Å². The molecule has 0 aliphatic heterocycles. The molecule has 4 rings (SSSR count). The van der Waals surface area contributed by atoms with Crippen LogP contribution < -0.4 is 15.8 Å². The van der Waals surface area contributed by atoms with Gasteiger partial charge in [-0.2, -0.15) is 0 Å². The molecule has 9 nitrogen and oxygen atoms in total. The van der Waals surface area contributed by atoms with Gasteiger partial charge in [-0.25, -0.2) is 13.1 Å². The minimum Gasteiger partial charge on any atom is -0.395 e. The van der Waals surface area contributed by atoms with Crippen LogP contribution in [0.3, 0.4) is 0 Å². The van der Waals surface area contributed by atoms with Gasteiger partial charge in [0.25, 0.3) is 0 Å². The molecule has 0 unspecified atom stereocenters. The Bertz CT molecular complexity index is 1470. The third-order valence-corrected chi connectivity index (χ3v) is 6.88. The summed E-state index contributed by atoms with van der Waals surface area (Å²) in [4.78, 5) is 11.4. The van der Waals surface area contributed by atoms with Crippen LogP contribution in [0.4, 0.5) is 11.5 Å². The molecule has 0 fully saturated rings. The minimum absolute atomic E-state index is 0.0739. The normalized spacial score (nSPS) is 11.5. The number of aromatic nitrogens is 2. The van der Waals surface area contributed by atoms with E-state index in [0.717, 1.165) is 10.8 Å². The van der Waals surface area contributed by atoms with E-state index in [-0.39, 0.29) is 18.0 Å². The zero-order valence-electron chi connectivity index (χ0n) is 18.3. The Kier molecular flexibility index (Phi) is 6.55. The Labute approximate surface area is 196 Å². The van der Waals surface area contributed by atoms with Gasteiger partial charge in [-0.05, 0) is 42.8 Å². The second-order valence-corrected chi connectivity index (χ2v) is 9.35. The lowest BCUT2D eigenvalue weighted by atomic mass is 10.0. The van der Waals surface area contributed by atoms with E-state index < -0.39 is 15.9 Å². The quantitative estimate of drug-likeness (QED) is 0.305. The van der Waals surface area contributed by atoms with Crippen LogP contribution in [-0.2, 0) is 10.0 Å². The molecule has 10 heteroatoms. The van der Waals surface area contributed by atoms with E-state index >= 15 is 0 Å². The minimum atomic E-state index is -3.80. The van der Waals surface area contributed by atoms with Gasteiger partial charge >= 0.3 is 0 Å². The number of carbonyl (C=O) groups is 1. The highest BCUT2D eigenvalue weighted by Gasteiger charge is 2.19. The first-order chi connectivity index (χ1) is 16.3. The van der Waals surface area contributed by atoms with Crippen LogP contribution in [0, 0.1) is 6.92 Å². The molecule has 0 spiro atoms. The summed E-state index contributed by atoms with van der Waals surface area (Å²) in [6, 6.07) is 19.3. The molecule has 1 amide bonds. The predicted octanol–water partition coefficient (Wildman–Crippen LogP) is 2.72. The van der Waals surface area contributed by atoms with E-state index in [1.807, 2.05) is 24.3 Å². The van der Waals surface area contributed by atoms with Crippen molar-refractivity contribution in [1.82, 2.24) is 14.9 Å². The number of rotatable bonds is 8. The molecular formula is C24H23N5O4S. The molecule has 1 aromatic heterocycles. The van der Waals surface area contributed by atoms with Crippen molar-refractivity contribution >= 4 is 38.2 Å². The number of hydrogen-bond donors (Lipinski definition) is 4. The van der Waals surface area contributed by atoms with Gasteiger partial charge in [-0.15, -0.1) is 10.2 Å². The summed E-state index contributed by atoms with van der Waals surface area (Å²) in [5.41, 5.74) is 8.10. The van der Waals surface area contributed by atoms with Crippen molar-refractivity contribution in [2.45, 2.75) is 11.8 Å². The lowest BCUT2D eigenvalue weighted by molar-refractivity contribution is 0.100. The molecule has 34 heavy (non-hydrogen) atoms. The van der Waals surface area contributed by atoms with E-state index in [1.54, 1.807) is 49.4 Å². The van der Waals surface area contributed by atoms with E-state index in [4.69, 9.17) is 10.8 Å². The van der Waals surface area contributed by atoms with Crippen molar-refractivity contribution in [3.63, 3.8) is 0 Å². The number of benzene rings is 3. The van der Waals surface area contributed by atoms with Gasteiger partial charge in [0.05, 0.1) is 11.5 Å². The van der Waals surface area contributed by atoms with Crippen LogP contribution in [-0.4, -0.2) is 42.8 Å². The van der Waals surface area contributed by atoms with E-state index in [2.05, 4.69) is 20.2 Å². The van der Waals surface area contributed by atoms with Crippen LogP contribution in [0.2, 0.25) is 0 Å². The number of hydrogen-bond acceptors (Lipinski definition) is 7. The molecule has 174 valence electrons. The Morgan fingerprint density at radius 1 is 1.00 bits per heavy atom. The zero-order valence-corrected chi connectivity index (χ0v) is 19.1. The Hall–Kier alpha value is -3.86. The number of nitrogens with zero attached hydrogens (tertiary/aromatic N) is 2. The molecule has 0 atom stereocenters. The highest BCUT2D eigenvalue weighted by molar-refractivity contribution is 7.89. The molecule has 5 N–H and O–H groups in total. The number of anilines is 2. The van der Waals surface area contributed by atoms with Gasteiger partial charge in [0, 0.05) is 34.1 Å². The lowest BCUT2D eigenvalue weighted by Gasteiger charge is -2.13.